The summed E-state index contributed by atoms with van der Waals surface area (Å²) in [5, 5.41) is 8.40. The third-order valence-electron chi connectivity index (χ3n) is 3.74. The molecule has 0 heterocycles. The van der Waals surface area contributed by atoms with Crippen molar-refractivity contribution in [3.8, 4) is 6.07 Å². The number of rotatable bonds is 5. The van der Waals surface area contributed by atoms with E-state index in [-0.39, 0.29) is 0 Å². The molecule has 0 aliphatic heterocycles. The lowest BCUT2D eigenvalue weighted by Crippen LogP contribution is -2.17. The van der Waals surface area contributed by atoms with Crippen molar-refractivity contribution in [3.63, 3.8) is 0 Å². The summed E-state index contributed by atoms with van der Waals surface area (Å²) in [7, 11) is 0. The Morgan fingerprint density at radius 1 is 1.33 bits per heavy atom. The van der Waals surface area contributed by atoms with Gasteiger partial charge in [-0.3, -0.25) is 0 Å². The maximum absolute atomic E-state index is 8.40. The van der Waals surface area contributed by atoms with Crippen LogP contribution in [0.5, 0.6) is 0 Å². The minimum absolute atomic E-state index is 0.897. The molecule has 0 N–H and O–H groups in total. The van der Waals surface area contributed by atoms with Crippen LogP contribution in [0.1, 0.15) is 58.3 Å². The second-order valence-electron chi connectivity index (χ2n) is 4.68. The quantitative estimate of drug-likeness (QED) is 0.608. The zero-order valence-electron chi connectivity index (χ0n) is 9.91. The van der Waals surface area contributed by atoms with Crippen LogP contribution in [-0.4, -0.2) is 0 Å². The zero-order chi connectivity index (χ0) is 10.9. The average molecular weight is 205 g/mol. The van der Waals surface area contributed by atoms with Gasteiger partial charge in [0.2, 0.25) is 0 Å². The van der Waals surface area contributed by atoms with E-state index in [1.807, 2.05) is 6.08 Å². The summed E-state index contributed by atoms with van der Waals surface area (Å²) in [6.45, 7) is 2.31. The molecule has 0 aromatic carbocycles. The van der Waals surface area contributed by atoms with Crippen LogP contribution >= 0.6 is 0 Å². The van der Waals surface area contributed by atoms with Gasteiger partial charge in [-0.05, 0) is 24.7 Å². The summed E-state index contributed by atoms with van der Waals surface area (Å²) in [4.78, 5) is 0. The first-order chi connectivity index (χ1) is 7.38. The van der Waals surface area contributed by atoms with E-state index < -0.39 is 0 Å². The van der Waals surface area contributed by atoms with Gasteiger partial charge in [0.1, 0.15) is 0 Å². The molecule has 0 aromatic heterocycles. The van der Waals surface area contributed by atoms with Crippen LogP contribution in [-0.2, 0) is 0 Å². The molecule has 1 unspecified atom stereocenters. The molecule has 1 heteroatoms. The summed E-state index contributed by atoms with van der Waals surface area (Å²) >= 11 is 0. The smallest absolute Gasteiger partial charge is 0.0908 e. The van der Waals surface area contributed by atoms with Crippen molar-refractivity contribution in [1.29, 1.82) is 5.26 Å². The molecule has 1 fully saturated rings. The molecule has 0 bridgehead atoms. The predicted octanol–water partition coefficient (Wildman–Crippen LogP) is 4.45. The van der Waals surface area contributed by atoms with E-state index in [0.717, 1.165) is 18.3 Å². The average Bonchev–Trinajstić information content (AvgIpc) is 2.30. The normalized spacial score (nSPS) is 20.3. The SMILES string of the molecule is CCC(CCC=CC#N)C1CCCCC1. The predicted molar refractivity (Wildman–Crippen MR) is 64.3 cm³/mol. The van der Waals surface area contributed by atoms with Crippen LogP contribution in [0.4, 0.5) is 0 Å². The molecule has 0 amide bonds. The van der Waals surface area contributed by atoms with E-state index in [2.05, 4.69) is 13.0 Å². The molecule has 0 aromatic rings. The highest BCUT2D eigenvalue weighted by Crippen LogP contribution is 2.34. The van der Waals surface area contributed by atoms with Gasteiger partial charge in [0.25, 0.3) is 0 Å². The van der Waals surface area contributed by atoms with E-state index in [4.69, 9.17) is 5.26 Å². The Labute approximate surface area is 94.2 Å². The van der Waals surface area contributed by atoms with Gasteiger partial charge in [0.15, 0.2) is 0 Å². The first-order valence-corrected chi connectivity index (χ1v) is 6.43. The van der Waals surface area contributed by atoms with Gasteiger partial charge >= 0.3 is 0 Å². The van der Waals surface area contributed by atoms with Crippen LogP contribution in [0.2, 0.25) is 0 Å². The van der Waals surface area contributed by atoms with Crippen LogP contribution < -0.4 is 0 Å². The topological polar surface area (TPSA) is 23.8 Å². The molecule has 0 saturated heterocycles. The van der Waals surface area contributed by atoms with Gasteiger partial charge in [-0.2, -0.15) is 5.26 Å². The molecule has 15 heavy (non-hydrogen) atoms. The lowest BCUT2D eigenvalue weighted by molar-refractivity contribution is 0.231. The number of nitriles is 1. The maximum atomic E-state index is 8.40. The Bertz CT molecular complexity index is 218. The summed E-state index contributed by atoms with van der Waals surface area (Å²) in [5.41, 5.74) is 0. The fourth-order valence-electron chi connectivity index (χ4n) is 2.83. The van der Waals surface area contributed by atoms with Gasteiger partial charge in [-0.25, -0.2) is 0 Å². The van der Waals surface area contributed by atoms with Crippen molar-refractivity contribution >= 4 is 0 Å². The molecule has 0 radical (unpaired) electrons. The number of nitrogens with zero attached hydrogens (tertiary/aromatic N) is 1. The standard InChI is InChI=1S/C14H23N/c1-2-13(9-7-4-8-12-15)14-10-5-3-6-11-14/h4,8,13-14H,2-3,5-7,9-11H2,1H3. The third-order valence-corrected chi connectivity index (χ3v) is 3.74. The number of hydrogen-bond donors (Lipinski definition) is 0. The Hall–Kier alpha value is -0.770. The monoisotopic (exact) mass is 205 g/mol. The van der Waals surface area contributed by atoms with Crippen molar-refractivity contribution in [2.75, 3.05) is 0 Å². The Kier molecular flexibility index (Phi) is 6.16. The Morgan fingerprint density at radius 3 is 2.67 bits per heavy atom. The van der Waals surface area contributed by atoms with Crippen molar-refractivity contribution in [2.24, 2.45) is 11.8 Å². The molecular weight excluding hydrogens is 182 g/mol. The second kappa shape index (κ2) is 7.51. The van der Waals surface area contributed by atoms with Crippen LogP contribution in [0.3, 0.4) is 0 Å². The fourth-order valence-corrected chi connectivity index (χ4v) is 2.83. The van der Waals surface area contributed by atoms with Crippen molar-refractivity contribution in [1.82, 2.24) is 0 Å². The first kappa shape index (κ1) is 12.3. The molecule has 1 rings (SSSR count). The number of allylic oxidation sites excluding steroid dienone is 2. The lowest BCUT2D eigenvalue weighted by Gasteiger charge is -2.29. The van der Waals surface area contributed by atoms with E-state index in [0.29, 0.717) is 0 Å². The van der Waals surface area contributed by atoms with Gasteiger partial charge in [0, 0.05) is 6.08 Å². The van der Waals surface area contributed by atoms with Crippen LogP contribution in [0.15, 0.2) is 12.2 Å². The largest absolute Gasteiger partial charge is 0.193 e. The summed E-state index contributed by atoms with van der Waals surface area (Å²) in [6, 6.07) is 2.06. The van der Waals surface area contributed by atoms with Crippen molar-refractivity contribution in [2.45, 2.75) is 58.3 Å². The minimum atomic E-state index is 0.897. The second-order valence-corrected chi connectivity index (χ2v) is 4.68. The van der Waals surface area contributed by atoms with E-state index in [9.17, 15) is 0 Å². The third kappa shape index (κ3) is 4.51. The Morgan fingerprint density at radius 2 is 2.07 bits per heavy atom. The molecule has 1 saturated carbocycles. The lowest BCUT2D eigenvalue weighted by atomic mass is 9.77. The summed E-state index contributed by atoms with van der Waals surface area (Å²) in [5.74, 6) is 1.87. The molecule has 1 atom stereocenters. The van der Waals surface area contributed by atoms with E-state index in [1.54, 1.807) is 6.08 Å². The van der Waals surface area contributed by atoms with Crippen molar-refractivity contribution < 1.29 is 0 Å². The molecule has 1 nitrogen and oxygen atoms in total. The molecule has 1 aliphatic rings. The highest BCUT2D eigenvalue weighted by Gasteiger charge is 2.21. The molecule has 0 spiro atoms. The van der Waals surface area contributed by atoms with Gasteiger partial charge < -0.3 is 0 Å². The van der Waals surface area contributed by atoms with Gasteiger partial charge in [-0.15, -0.1) is 0 Å². The zero-order valence-corrected chi connectivity index (χ0v) is 9.91. The summed E-state index contributed by atoms with van der Waals surface area (Å²) < 4.78 is 0. The maximum Gasteiger partial charge on any atom is 0.0908 e. The molecular formula is C14H23N. The van der Waals surface area contributed by atoms with Crippen molar-refractivity contribution in [3.05, 3.63) is 12.2 Å². The fraction of sp³-hybridized carbons (Fsp3) is 0.786. The highest BCUT2D eigenvalue weighted by molar-refractivity contribution is 5.01. The minimum Gasteiger partial charge on any atom is -0.193 e. The van der Waals surface area contributed by atoms with E-state index >= 15 is 0 Å². The van der Waals surface area contributed by atoms with E-state index in [1.165, 1.54) is 44.9 Å². The molecule has 84 valence electrons. The van der Waals surface area contributed by atoms with Crippen LogP contribution in [0.25, 0.3) is 0 Å². The first-order valence-electron chi connectivity index (χ1n) is 6.43. The Balaban J connectivity index is 2.27. The summed E-state index contributed by atoms with van der Waals surface area (Å²) in [6.07, 6.45) is 14.5. The number of hydrogen-bond acceptors (Lipinski definition) is 1. The van der Waals surface area contributed by atoms with Gasteiger partial charge in [-0.1, -0.05) is 51.5 Å². The van der Waals surface area contributed by atoms with Crippen LogP contribution in [0, 0.1) is 23.2 Å². The van der Waals surface area contributed by atoms with Gasteiger partial charge in [0.05, 0.1) is 6.07 Å². The highest BCUT2D eigenvalue weighted by atomic mass is 14.3. The molecule has 1 aliphatic carbocycles.